The van der Waals surface area contributed by atoms with Crippen LogP contribution in [0.4, 0.5) is 11.4 Å². The Balaban J connectivity index is 1.79. The Kier molecular flexibility index (Phi) is 4.17. The zero-order valence-electron chi connectivity index (χ0n) is 14.7. The van der Waals surface area contributed by atoms with Crippen molar-refractivity contribution in [1.82, 2.24) is 0 Å². The average Bonchev–Trinajstić information content (AvgIpc) is 2.91. The second-order valence-corrected chi connectivity index (χ2v) is 7.04. The van der Waals surface area contributed by atoms with Gasteiger partial charge in [0.15, 0.2) is 0 Å². The number of nitrogens with one attached hydrogen (secondary N) is 1. The number of aryl methyl sites for hydroxylation is 2. The summed E-state index contributed by atoms with van der Waals surface area (Å²) in [5, 5.41) is 4.21. The van der Waals surface area contributed by atoms with Crippen molar-refractivity contribution in [3.63, 3.8) is 0 Å². The first kappa shape index (κ1) is 16.7. The molecular formula is C22H19ClN2O. The van der Waals surface area contributed by atoms with E-state index < -0.39 is 0 Å². The second kappa shape index (κ2) is 6.50. The topological polar surface area (TPSA) is 32.3 Å². The predicted molar refractivity (Wildman–Crippen MR) is 107 cm³/mol. The third-order valence-electron chi connectivity index (χ3n) is 4.74. The first-order chi connectivity index (χ1) is 12.5. The summed E-state index contributed by atoms with van der Waals surface area (Å²) in [6.07, 6.45) is -0.263. The maximum absolute atomic E-state index is 13.1. The summed E-state index contributed by atoms with van der Waals surface area (Å²) < 4.78 is 0. The van der Waals surface area contributed by atoms with Gasteiger partial charge in [-0.3, -0.25) is 9.69 Å². The Morgan fingerprint density at radius 3 is 2.42 bits per heavy atom. The largest absolute Gasteiger partial charge is 0.361 e. The number of halogens is 1. The molecule has 0 saturated carbocycles. The standard InChI is InChI=1S/C22H19ClN2O/c1-14-7-12-20(15(2)13-14)24-21-18-5-3-4-6-19(18)22(26)25(21)17-10-8-16(23)9-11-17/h3-13,21,24H,1-2H3. The number of benzene rings is 3. The molecule has 1 aliphatic heterocycles. The fourth-order valence-corrected chi connectivity index (χ4v) is 3.58. The molecule has 0 aliphatic carbocycles. The van der Waals surface area contributed by atoms with Crippen LogP contribution in [0.3, 0.4) is 0 Å². The van der Waals surface area contributed by atoms with Crippen molar-refractivity contribution in [2.45, 2.75) is 20.0 Å². The molecule has 1 heterocycles. The lowest BCUT2D eigenvalue weighted by Gasteiger charge is -2.28. The van der Waals surface area contributed by atoms with Crippen LogP contribution in [0, 0.1) is 13.8 Å². The number of rotatable bonds is 3. The summed E-state index contributed by atoms with van der Waals surface area (Å²) >= 11 is 6.03. The van der Waals surface area contributed by atoms with Gasteiger partial charge in [0.25, 0.3) is 5.91 Å². The van der Waals surface area contributed by atoms with E-state index in [2.05, 4.69) is 37.4 Å². The number of hydrogen-bond donors (Lipinski definition) is 1. The summed E-state index contributed by atoms with van der Waals surface area (Å²) in [5.74, 6) is -0.00909. The lowest BCUT2D eigenvalue weighted by molar-refractivity contribution is 0.0993. The lowest BCUT2D eigenvalue weighted by atomic mass is 10.1. The van der Waals surface area contributed by atoms with Gasteiger partial charge in [-0.05, 0) is 55.8 Å². The fourth-order valence-electron chi connectivity index (χ4n) is 3.45. The smallest absolute Gasteiger partial charge is 0.260 e. The van der Waals surface area contributed by atoms with Crippen molar-refractivity contribution in [2.75, 3.05) is 10.2 Å². The number of anilines is 2. The maximum Gasteiger partial charge on any atom is 0.260 e. The van der Waals surface area contributed by atoms with Crippen LogP contribution >= 0.6 is 11.6 Å². The molecule has 26 heavy (non-hydrogen) atoms. The predicted octanol–water partition coefficient (Wildman–Crippen LogP) is 5.73. The summed E-state index contributed by atoms with van der Waals surface area (Å²) in [5.41, 5.74) is 5.91. The van der Waals surface area contributed by atoms with Crippen molar-refractivity contribution in [3.8, 4) is 0 Å². The van der Waals surface area contributed by atoms with Crippen LogP contribution in [0.5, 0.6) is 0 Å². The molecule has 0 aromatic heterocycles. The number of carbonyl (C=O) groups is 1. The first-order valence-corrected chi connectivity index (χ1v) is 8.94. The van der Waals surface area contributed by atoms with Crippen molar-refractivity contribution in [1.29, 1.82) is 0 Å². The van der Waals surface area contributed by atoms with Gasteiger partial charge < -0.3 is 5.32 Å². The monoisotopic (exact) mass is 362 g/mol. The number of carbonyl (C=O) groups excluding carboxylic acids is 1. The van der Waals surface area contributed by atoms with Crippen molar-refractivity contribution < 1.29 is 4.79 Å². The molecule has 3 nitrogen and oxygen atoms in total. The van der Waals surface area contributed by atoms with E-state index in [4.69, 9.17) is 11.6 Å². The fraction of sp³-hybridized carbons (Fsp3) is 0.136. The van der Waals surface area contributed by atoms with Gasteiger partial charge in [0.2, 0.25) is 0 Å². The molecule has 0 saturated heterocycles. The molecule has 4 heteroatoms. The van der Waals surface area contributed by atoms with Crippen LogP contribution in [0.2, 0.25) is 5.02 Å². The van der Waals surface area contributed by atoms with Crippen LogP contribution in [-0.2, 0) is 0 Å². The first-order valence-electron chi connectivity index (χ1n) is 8.56. The van der Waals surface area contributed by atoms with Crippen molar-refractivity contribution in [2.24, 2.45) is 0 Å². The number of fused-ring (bicyclic) bond motifs is 1. The van der Waals surface area contributed by atoms with Crippen LogP contribution in [0.25, 0.3) is 0 Å². The highest BCUT2D eigenvalue weighted by Gasteiger charge is 2.37. The van der Waals surface area contributed by atoms with Crippen LogP contribution in [-0.4, -0.2) is 5.91 Å². The molecular weight excluding hydrogens is 344 g/mol. The Morgan fingerprint density at radius 2 is 1.69 bits per heavy atom. The molecule has 4 rings (SSSR count). The maximum atomic E-state index is 13.1. The van der Waals surface area contributed by atoms with Crippen molar-refractivity contribution >= 4 is 28.9 Å². The summed E-state index contributed by atoms with van der Waals surface area (Å²) in [4.78, 5) is 14.9. The van der Waals surface area contributed by atoms with E-state index in [0.29, 0.717) is 5.02 Å². The SMILES string of the molecule is Cc1ccc(NC2c3ccccc3C(=O)N2c2ccc(Cl)cc2)c(C)c1. The minimum absolute atomic E-state index is 0.00909. The molecule has 3 aromatic carbocycles. The normalized spacial score (nSPS) is 15.9. The van der Waals surface area contributed by atoms with Crippen LogP contribution < -0.4 is 10.2 Å². The van der Waals surface area contributed by atoms with Crippen LogP contribution in [0.15, 0.2) is 66.7 Å². The van der Waals surface area contributed by atoms with E-state index in [1.165, 1.54) is 5.56 Å². The van der Waals surface area contributed by atoms with E-state index in [1.54, 1.807) is 17.0 Å². The quantitative estimate of drug-likeness (QED) is 0.645. The summed E-state index contributed by atoms with van der Waals surface area (Å²) in [6, 6.07) is 21.4. The third kappa shape index (κ3) is 2.85. The molecule has 1 unspecified atom stereocenters. The zero-order valence-corrected chi connectivity index (χ0v) is 15.4. The van der Waals surface area contributed by atoms with Gasteiger partial charge in [0.1, 0.15) is 6.17 Å². The third-order valence-corrected chi connectivity index (χ3v) is 4.99. The van der Waals surface area contributed by atoms with Gasteiger partial charge in [-0.15, -0.1) is 0 Å². The van der Waals surface area contributed by atoms with Gasteiger partial charge in [-0.25, -0.2) is 0 Å². The molecule has 0 spiro atoms. The second-order valence-electron chi connectivity index (χ2n) is 6.60. The minimum atomic E-state index is -0.263. The van der Waals surface area contributed by atoms with E-state index in [1.807, 2.05) is 36.4 Å². The van der Waals surface area contributed by atoms with Gasteiger partial charge in [-0.2, -0.15) is 0 Å². The van der Waals surface area contributed by atoms with E-state index in [9.17, 15) is 4.79 Å². The molecule has 1 atom stereocenters. The van der Waals surface area contributed by atoms with E-state index in [-0.39, 0.29) is 12.1 Å². The Labute approximate surface area is 158 Å². The van der Waals surface area contributed by atoms with E-state index >= 15 is 0 Å². The molecule has 0 fully saturated rings. The van der Waals surface area contributed by atoms with Crippen molar-refractivity contribution in [3.05, 3.63) is 94.0 Å². The molecule has 0 bridgehead atoms. The molecule has 1 amide bonds. The highest BCUT2D eigenvalue weighted by atomic mass is 35.5. The van der Waals surface area contributed by atoms with Gasteiger partial charge >= 0.3 is 0 Å². The highest BCUT2D eigenvalue weighted by Crippen LogP contribution is 2.38. The highest BCUT2D eigenvalue weighted by molar-refractivity contribution is 6.30. The van der Waals surface area contributed by atoms with Gasteiger partial charge in [0, 0.05) is 27.5 Å². The average molecular weight is 363 g/mol. The molecule has 0 radical (unpaired) electrons. The Morgan fingerprint density at radius 1 is 0.962 bits per heavy atom. The zero-order chi connectivity index (χ0) is 18.3. The Bertz CT molecular complexity index is 982. The molecule has 1 aliphatic rings. The van der Waals surface area contributed by atoms with Gasteiger partial charge in [0.05, 0.1) is 0 Å². The molecule has 3 aromatic rings. The summed E-state index contributed by atoms with van der Waals surface area (Å²) in [7, 11) is 0. The Hall–Kier alpha value is -2.78. The number of hydrogen-bond acceptors (Lipinski definition) is 2. The minimum Gasteiger partial charge on any atom is -0.361 e. The lowest BCUT2D eigenvalue weighted by Crippen LogP contribution is -2.32. The van der Waals surface area contributed by atoms with E-state index in [0.717, 1.165) is 28.1 Å². The molecule has 1 N–H and O–H groups in total. The number of amides is 1. The van der Waals surface area contributed by atoms with Crippen LogP contribution in [0.1, 0.15) is 33.2 Å². The summed E-state index contributed by atoms with van der Waals surface area (Å²) in [6.45, 7) is 4.15. The number of nitrogens with zero attached hydrogens (tertiary/aromatic N) is 1. The molecule has 130 valence electrons. The van der Waals surface area contributed by atoms with Gasteiger partial charge in [-0.1, -0.05) is 47.5 Å².